The quantitative estimate of drug-likeness (QED) is 0.772. The second kappa shape index (κ2) is 4.89. The minimum Gasteiger partial charge on any atom is -0.388 e. The summed E-state index contributed by atoms with van der Waals surface area (Å²) in [5.41, 5.74) is -1.61. The minimum absolute atomic E-state index is 0.0512. The molecule has 1 atom stereocenters. The Morgan fingerprint density at radius 2 is 1.89 bits per heavy atom. The predicted molar refractivity (Wildman–Crippen MR) is 67.6 cm³/mol. The SMILES string of the molecule is CC1(O)CCCN(C(=O)C2(C#N)CCCCC2)C1. The minimum atomic E-state index is -0.814. The number of nitriles is 1. The van der Waals surface area contributed by atoms with E-state index in [4.69, 9.17) is 0 Å². The second-order valence-corrected chi connectivity index (χ2v) is 6.08. The number of likely N-dealkylation sites (tertiary alicyclic amines) is 1. The van der Waals surface area contributed by atoms with Gasteiger partial charge in [-0.05, 0) is 32.6 Å². The maximum absolute atomic E-state index is 12.6. The largest absolute Gasteiger partial charge is 0.388 e. The van der Waals surface area contributed by atoms with Gasteiger partial charge in [0.2, 0.25) is 5.91 Å². The van der Waals surface area contributed by atoms with Gasteiger partial charge in [-0.25, -0.2) is 0 Å². The van der Waals surface area contributed by atoms with Gasteiger partial charge in [0.05, 0.1) is 11.7 Å². The lowest BCUT2D eigenvalue weighted by Crippen LogP contribution is -2.53. The van der Waals surface area contributed by atoms with Crippen molar-refractivity contribution in [3.05, 3.63) is 0 Å². The van der Waals surface area contributed by atoms with Crippen LogP contribution in [0.25, 0.3) is 0 Å². The smallest absolute Gasteiger partial charge is 0.243 e. The molecular formula is C14H22N2O2. The highest BCUT2D eigenvalue weighted by Gasteiger charge is 2.44. The van der Waals surface area contributed by atoms with Gasteiger partial charge in [0.25, 0.3) is 0 Å². The molecule has 2 fully saturated rings. The van der Waals surface area contributed by atoms with E-state index in [0.29, 0.717) is 25.9 Å². The summed E-state index contributed by atoms with van der Waals surface area (Å²) < 4.78 is 0. The van der Waals surface area contributed by atoms with Crippen LogP contribution in [0.2, 0.25) is 0 Å². The predicted octanol–water partition coefficient (Wildman–Crippen LogP) is 1.83. The highest BCUT2D eigenvalue weighted by molar-refractivity contribution is 5.85. The van der Waals surface area contributed by atoms with Crippen LogP contribution in [0.3, 0.4) is 0 Å². The van der Waals surface area contributed by atoms with Gasteiger partial charge in [0.1, 0.15) is 5.41 Å². The van der Waals surface area contributed by atoms with Gasteiger partial charge in [-0.2, -0.15) is 5.26 Å². The molecule has 1 aliphatic heterocycles. The lowest BCUT2D eigenvalue weighted by molar-refractivity contribution is -0.146. The van der Waals surface area contributed by atoms with Crippen molar-refractivity contribution in [1.82, 2.24) is 4.90 Å². The lowest BCUT2D eigenvalue weighted by Gasteiger charge is -2.41. The summed E-state index contributed by atoms with van der Waals surface area (Å²) in [5, 5.41) is 19.5. The lowest BCUT2D eigenvalue weighted by atomic mass is 9.73. The van der Waals surface area contributed by atoms with Gasteiger partial charge in [-0.3, -0.25) is 4.79 Å². The Morgan fingerprint density at radius 3 is 2.44 bits per heavy atom. The molecule has 0 bridgehead atoms. The number of piperidine rings is 1. The summed E-state index contributed by atoms with van der Waals surface area (Å²) in [5.74, 6) is -0.0512. The molecule has 1 heterocycles. The molecule has 1 saturated carbocycles. The number of rotatable bonds is 1. The monoisotopic (exact) mass is 250 g/mol. The molecule has 0 spiro atoms. The summed E-state index contributed by atoms with van der Waals surface area (Å²) in [6.07, 6.45) is 5.96. The third-order valence-corrected chi connectivity index (χ3v) is 4.29. The van der Waals surface area contributed by atoms with Crippen molar-refractivity contribution in [2.24, 2.45) is 5.41 Å². The fraction of sp³-hybridized carbons (Fsp3) is 0.857. The molecule has 1 N–H and O–H groups in total. The molecule has 1 saturated heterocycles. The number of amides is 1. The van der Waals surface area contributed by atoms with E-state index in [1.165, 1.54) is 0 Å². The first-order chi connectivity index (χ1) is 8.49. The zero-order valence-corrected chi connectivity index (χ0v) is 11.1. The molecular weight excluding hydrogens is 228 g/mol. The van der Waals surface area contributed by atoms with Gasteiger partial charge in [-0.1, -0.05) is 19.3 Å². The summed E-state index contributed by atoms with van der Waals surface area (Å²) in [6, 6.07) is 2.27. The molecule has 2 rings (SSSR count). The van der Waals surface area contributed by atoms with Crippen LogP contribution in [-0.2, 0) is 4.79 Å². The van der Waals surface area contributed by atoms with E-state index in [1.807, 2.05) is 0 Å². The first-order valence-corrected chi connectivity index (χ1v) is 6.92. The Hall–Kier alpha value is -1.08. The van der Waals surface area contributed by atoms with Crippen LogP contribution in [0.4, 0.5) is 0 Å². The normalized spacial score (nSPS) is 31.7. The standard InChI is InChI=1S/C14H22N2O2/c1-13(18)6-5-9-16(11-13)12(17)14(10-15)7-3-2-4-8-14/h18H,2-9,11H2,1H3. The van der Waals surface area contributed by atoms with Gasteiger partial charge in [-0.15, -0.1) is 0 Å². The number of carbonyl (C=O) groups excluding carboxylic acids is 1. The van der Waals surface area contributed by atoms with Gasteiger partial charge < -0.3 is 10.0 Å². The average Bonchev–Trinajstić information content (AvgIpc) is 2.37. The van der Waals surface area contributed by atoms with Crippen LogP contribution in [0.1, 0.15) is 51.9 Å². The highest BCUT2D eigenvalue weighted by Crippen LogP contribution is 2.38. The number of β-amino-alcohol motifs (C(OH)–C–C–N with tert-alkyl or cyclic N) is 1. The molecule has 0 aromatic rings. The second-order valence-electron chi connectivity index (χ2n) is 6.08. The van der Waals surface area contributed by atoms with Crippen molar-refractivity contribution in [2.45, 2.75) is 57.5 Å². The molecule has 2 aliphatic rings. The van der Waals surface area contributed by atoms with Crippen molar-refractivity contribution in [3.63, 3.8) is 0 Å². The Labute approximate surface area is 109 Å². The van der Waals surface area contributed by atoms with Gasteiger partial charge in [0, 0.05) is 13.1 Å². The zero-order chi connectivity index (χ0) is 13.2. The van der Waals surface area contributed by atoms with Crippen LogP contribution in [0.15, 0.2) is 0 Å². The molecule has 0 aromatic heterocycles. The Kier molecular flexibility index (Phi) is 3.63. The van der Waals surface area contributed by atoms with Crippen LogP contribution < -0.4 is 0 Å². The fourth-order valence-electron chi connectivity index (χ4n) is 3.22. The van der Waals surface area contributed by atoms with E-state index in [0.717, 1.165) is 32.1 Å². The molecule has 1 aliphatic carbocycles. The van der Waals surface area contributed by atoms with E-state index in [2.05, 4.69) is 6.07 Å². The van der Waals surface area contributed by atoms with Crippen molar-refractivity contribution >= 4 is 5.91 Å². The van der Waals surface area contributed by atoms with Gasteiger partial charge >= 0.3 is 0 Å². The molecule has 0 aromatic carbocycles. The summed E-state index contributed by atoms with van der Waals surface area (Å²) in [6.45, 7) is 2.82. The Balaban J connectivity index is 2.12. The Morgan fingerprint density at radius 1 is 1.22 bits per heavy atom. The average molecular weight is 250 g/mol. The molecule has 18 heavy (non-hydrogen) atoms. The summed E-state index contributed by atoms with van der Waals surface area (Å²) >= 11 is 0. The number of aliphatic hydroxyl groups is 1. The molecule has 0 radical (unpaired) electrons. The zero-order valence-electron chi connectivity index (χ0n) is 11.1. The fourth-order valence-corrected chi connectivity index (χ4v) is 3.22. The number of carbonyl (C=O) groups is 1. The maximum Gasteiger partial charge on any atom is 0.243 e. The Bertz CT molecular complexity index is 364. The third kappa shape index (κ3) is 2.51. The third-order valence-electron chi connectivity index (χ3n) is 4.29. The van der Waals surface area contributed by atoms with E-state index in [-0.39, 0.29) is 5.91 Å². The highest BCUT2D eigenvalue weighted by atomic mass is 16.3. The maximum atomic E-state index is 12.6. The van der Waals surface area contributed by atoms with E-state index >= 15 is 0 Å². The molecule has 1 amide bonds. The first kappa shape index (κ1) is 13.4. The molecule has 4 heteroatoms. The van der Waals surface area contributed by atoms with Gasteiger partial charge in [0.15, 0.2) is 0 Å². The van der Waals surface area contributed by atoms with Crippen molar-refractivity contribution in [2.75, 3.05) is 13.1 Å². The van der Waals surface area contributed by atoms with Crippen LogP contribution in [-0.4, -0.2) is 34.6 Å². The van der Waals surface area contributed by atoms with Crippen LogP contribution in [0, 0.1) is 16.7 Å². The molecule has 4 nitrogen and oxygen atoms in total. The van der Waals surface area contributed by atoms with Crippen LogP contribution in [0.5, 0.6) is 0 Å². The number of nitrogens with zero attached hydrogens (tertiary/aromatic N) is 2. The number of hydrogen-bond donors (Lipinski definition) is 1. The van der Waals surface area contributed by atoms with Crippen molar-refractivity contribution in [1.29, 1.82) is 5.26 Å². The topological polar surface area (TPSA) is 64.3 Å². The summed E-state index contributed by atoms with van der Waals surface area (Å²) in [4.78, 5) is 14.3. The molecule has 100 valence electrons. The summed E-state index contributed by atoms with van der Waals surface area (Å²) in [7, 11) is 0. The van der Waals surface area contributed by atoms with Crippen molar-refractivity contribution in [3.8, 4) is 6.07 Å². The van der Waals surface area contributed by atoms with E-state index in [9.17, 15) is 15.2 Å². The number of hydrogen-bond acceptors (Lipinski definition) is 3. The molecule has 1 unspecified atom stereocenters. The van der Waals surface area contributed by atoms with E-state index in [1.54, 1.807) is 11.8 Å². The van der Waals surface area contributed by atoms with Crippen molar-refractivity contribution < 1.29 is 9.90 Å². The van der Waals surface area contributed by atoms with Crippen LogP contribution >= 0.6 is 0 Å². The first-order valence-electron chi connectivity index (χ1n) is 6.92. The van der Waals surface area contributed by atoms with E-state index < -0.39 is 11.0 Å².